The third-order valence-corrected chi connectivity index (χ3v) is 5.06. The molecule has 0 spiro atoms. The van der Waals surface area contributed by atoms with Gasteiger partial charge in [-0.3, -0.25) is 0 Å². The van der Waals surface area contributed by atoms with Crippen molar-refractivity contribution < 1.29 is 13.2 Å². The molecule has 1 fully saturated rings. The molecule has 4 nitrogen and oxygen atoms in total. The van der Waals surface area contributed by atoms with Gasteiger partial charge in [-0.15, -0.1) is 0 Å². The van der Waals surface area contributed by atoms with Crippen LogP contribution in [0.4, 0.5) is 0 Å². The highest BCUT2D eigenvalue weighted by Gasteiger charge is 2.26. The van der Waals surface area contributed by atoms with Gasteiger partial charge in [0.1, 0.15) is 12.4 Å². The van der Waals surface area contributed by atoms with E-state index in [1.54, 1.807) is 0 Å². The van der Waals surface area contributed by atoms with Crippen LogP contribution < -0.4 is 10.1 Å². The molecular weight excluding hydrogens is 274 g/mol. The smallest absolute Gasteiger partial charge is 0.151 e. The monoisotopic (exact) mass is 295 g/mol. The van der Waals surface area contributed by atoms with Gasteiger partial charge in [-0.1, -0.05) is 30.4 Å². The Kier molecular flexibility index (Phi) is 5.20. The lowest BCUT2D eigenvalue weighted by molar-refractivity contribution is 0.307. The molecule has 0 bridgehead atoms. The van der Waals surface area contributed by atoms with Gasteiger partial charge in [0.2, 0.25) is 0 Å². The minimum Gasteiger partial charge on any atom is -0.492 e. The molecule has 1 heterocycles. The van der Waals surface area contributed by atoms with Gasteiger partial charge in [-0.25, -0.2) is 8.42 Å². The molecule has 5 heteroatoms. The summed E-state index contributed by atoms with van der Waals surface area (Å²) in [5.74, 6) is 1.41. The van der Waals surface area contributed by atoms with Crippen molar-refractivity contribution in [1.82, 2.24) is 5.32 Å². The van der Waals surface area contributed by atoms with E-state index in [0.29, 0.717) is 25.3 Å². The average molecular weight is 295 g/mol. The zero-order chi connectivity index (χ0) is 14.4. The van der Waals surface area contributed by atoms with Crippen molar-refractivity contribution >= 4 is 15.9 Å². The van der Waals surface area contributed by atoms with Gasteiger partial charge < -0.3 is 10.1 Å². The van der Waals surface area contributed by atoms with Crippen LogP contribution in [0.3, 0.4) is 0 Å². The second-order valence-electron chi connectivity index (χ2n) is 4.94. The number of nitrogens with one attached hydrogen (secondary N) is 1. The number of hydrogen-bond acceptors (Lipinski definition) is 4. The second-order valence-corrected chi connectivity index (χ2v) is 7.17. The molecule has 1 aromatic rings. The van der Waals surface area contributed by atoms with E-state index in [2.05, 4.69) is 5.32 Å². The normalized spacial score (nSPS) is 21.4. The number of benzene rings is 1. The van der Waals surface area contributed by atoms with Crippen molar-refractivity contribution in [2.24, 2.45) is 0 Å². The summed E-state index contributed by atoms with van der Waals surface area (Å²) in [7, 11) is -2.81. The minimum absolute atomic E-state index is 0.0781. The van der Waals surface area contributed by atoms with Crippen molar-refractivity contribution in [3.63, 3.8) is 0 Å². The Balaban J connectivity index is 1.77. The Morgan fingerprint density at radius 2 is 2.20 bits per heavy atom. The molecule has 1 aliphatic rings. The molecule has 110 valence electrons. The summed E-state index contributed by atoms with van der Waals surface area (Å²) in [4.78, 5) is 0. The Morgan fingerprint density at radius 3 is 2.90 bits per heavy atom. The van der Waals surface area contributed by atoms with Gasteiger partial charge in [0.25, 0.3) is 0 Å². The van der Waals surface area contributed by atoms with Gasteiger partial charge >= 0.3 is 0 Å². The third-order valence-electron chi connectivity index (χ3n) is 3.29. The lowest BCUT2D eigenvalue weighted by atomic mass is 10.2. The fourth-order valence-electron chi connectivity index (χ4n) is 2.31. The van der Waals surface area contributed by atoms with E-state index < -0.39 is 9.84 Å². The predicted octanol–water partition coefficient (Wildman–Crippen LogP) is 1.88. The molecular formula is C15H21NO3S. The van der Waals surface area contributed by atoms with E-state index in [-0.39, 0.29) is 11.8 Å². The second kappa shape index (κ2) is 6.90. The van der Waals surface area contributed by atoms with E-state index in [1.807, 2.05) is 43.3 Å². The number of rotatable bonds is 6. The summed E-state index contributed by atoms with van der Waals surface area (Å²) >= 11 is 0. The Morgan fingerprint density at radius 1 is 1.40 bits per heavy atom. The minimum atomic E-state index is -2.81. The average Bonchev–Trinajstić information content (AvgIpc) is 2.76. The molecule has 1 aromatic carbocycles. The van der Waals surface area contributed by atoms with Crippen LogP contribution in [0.15, 0.2) is 30.3 Å². The van der Waals surface area contributed by atoms with Crippen LogP contribution in [-0.4, -0.2) is 39.1 Å². The summed E-state index contributed by atoms with van der Waals surface area (Å²) < 4.78 is 28.4. The molecule has 1 N–H and O–H groups in total. The van der Waals surface area contributed by atoms with Crippen LogP contribution >= 0.6 is 0 Å². The van der Waals surface area contributed by atoms with Crippen molar-refractivity contribution in [3.05, 3.63) is 35.9 Å². The predicted molar refractivity (Wildman–Crippen MR) is 81.7 cm³/mol. The van der Waals surface area contributed by atoms with Crippen LogP contribution in [0.25, 0.3) is 6.08 Å². The summed E-state index contributed by atoms with van der Waals surface area (Å²) in [5.41, 5.74) is 1.05. The molecule has 0 aromatic heterocycles. The molecule has 1 aliphatic heterocycles. The SMILES string of the molecule is CC=Cc1ccccc1OCCNC1CCS(=O)(=O)C1. The third kappa shape index (κ3) is 4.35. The van der Waals surface area contributed by atoms with Crippen LogP contribution in [-0.2, 0) is 9.84 Å². The molecule has 1 saturated heterocycles. The quantitative estimate of drug-likeness (QED) is 0.814. The maximum absolute atomic E-state index is 11.3. The Bertz CT molecular complexity index is 566. The van der Waals surface area contributed by atoms with Crippen molar-refractivity contribution in [2.45, 2.75) is 19.4 Å². The maximum Gasteiger partial charge on any atom is 0.151 e. The Labute approximate surface area is 120 Å². The van der Waals surface area contributed by atoms with E-state index in [1.165, 1.54) is 0 Å². The maximum atomic E-state index is 11.3. The van der Waals surface area contributed by atoms with Crippen molar-refractivity contribution in [3.8, 4) is 5.75 Å². The molecule has 2 rings (SSSR count). The van der Waals surface area contributed by atoms with Crippen LogP contribution in [0.5, 0.6) is 5.75 Å². The van der Waals surface area contributed by atoms with E-state index in [0.717, 1.165) is 11.3 Å². The van der Waals surface area contributed by atoms with E-state index in [4.69, 9.17) is 4.74 Å². The molecule has 1 atom stereocenters. The molecule has 0 amide bonds. The summed E-state index contributed by atoms with van der Waals surface area (Å²) in [6, 6.07) is 7.94. The van der Waals surface area contributed by atoms with Crippen molar-refractivity contribution in [1.29, 1.82) is 0 Å². The van der Waals surface area contributed by atoms with Crippen LogP contribution in [0, 0.1) is 0 Å². The molecule has 0 radical (unpaired) electrons. The lowest BCUT2D eigenvalue weighted by Crippen LogP contribution is -2.33. The highest BCUT2D eigenvalue weighted by molar-refractivity contribution is 7.91. The molecule has 0 aliphatic carbocycles. The highest BCUT2D eigenvalue weighted by atomic mass is 32.2. The first kappa shape index (κ1) is 15.1. The molecule has 20 heavy (non-hydrogen) atoms. The fourth-order valence-corrected chi connectivity index (χ4v) is 4.02. The number of hydrogen-bond donors (Lipinski definition) is 1. The van der Waals surface area contributed by atoms with E-state index in [9.17, 15) is 8.42 Å². The molecule has 1 unspecified atom stereocenters. The first-order valence-electron chi connectivity index (χ1n) is 6.89. The van der Waals surface area contributed by atoms with E-state index >= 15 is 0 Å². The van der Waals surface area contributed by atoms with Gasteiger partial charge in [-0.2, -0.15) is 0 Å². The first-order valence-corrected chi connectivity index (χ1v) is 8.71. The Hall–Kier alpha value is -1.33. The van der Waals surface area contributed by atoms with Gasteiger partial charge in [-0.05, 0) is 19.4 Å². The summed E-state index contributed by atoms with van der Waals surface area (Å²) in [5, 5.41) is 3.24. The number of para-hydroxylation sites is 1. The first-order chi connectivity index (χ1) is 9.61. The zero-order valence-electron chi connectivity index (χ0n) is 11.7. The molecule has 0 saturated carbocycles. The summed E-state index contributed by atoms with van der Waals surface area (Å²) in [6.45, 7) is 3.16. The van der Waals surface area contributed by atoms with Gasteiger partial charge in [0.15, 0.2) is 9.84 Å². The van der Waals surface area contributed by atoms with Crippen molar-refractivity contribution in [2.75, 3.05) is 24.7 Å². The van der Waals surface area contributed by atoms with Crippen LogP contribution in [0.1, 0.15) is 18.9 Å². The number of ether oxygens (including phenoxy) is 1. The standard InChI is InChI=1S/C15H21NO3S/c1-2-5-13-6-3-4-7-15(13)19-10-9-16-14-8-11-20(17,18)12-14/h2-7,14,16H,8-12H2,1H3. The highest BCUT2D eigenvalue weighted by Crippen LogP contribution is 2.19. The zero-order valence-corrected chi connectivity index (χ0v) is 12.5. The number of allylic oxidation sites excluding steroid dienone is 1. The van der Waals surface area contributed by atoms with Gasteiger partial charge in [0.05, 0.1) is 11.5 Å². The topological polar surface area (TPSA) is 55.4 Å². The lowest BCUT2D eigenvalue weighted by Gasteiger charge is -2.12. The van der Waals surface area contributed by atoms with Gasteiger partial charge in [0, 0.05) is 18.2 Å². The number of sulfone groups is 1. The fraction of sp³-hybridized carbons (Fsp3) is 0.467. The van der Waals surface area contributed by atoms with Crippen LogP contribution in [0.2, 0.25) is 0 Å². The summed E-state index contributed by atoms with van der Waals surface area (Å²) in [6.07, 6.45) is 4.69. The largest absolute Gasteiger partial charge is 0.492 e.